The molecule has 1 heterocycles. The van der Waals surface area contributed by atoms with E-state index in [0.717, 1.165) is 9.32 Å². The van der Waals surface area contributed by atoms with Crippen molar-refractivity contribution >= 4 is 22.6 Å². The molecule has 2 nitrogen and oxygen atoms in total. The van der Waals surface area contributed by atoms with E-state index in [1.54, 1.807) is 19.5 Å². The Morgan fingerprint density at radius 3 is 2.89 bits per heavy atom. The van der Waals surface area contributed by atoms with Crippen LogP contribution in [-0.2, 0) is 0 Å². The molecule has 0 amide bonds. The van der Waals surface area contributed by atoms with E-state index < -0.39 is 0 Å². The molecule has 48 valence electrons. The third-order valence-electron chi connectivity index (χ3n) is 0.954. The summed E-state index contributed by atoms with van der Waals surface area (Å²) >= 11 is 2.20. The summed E-state index contributed by atoms with van der Waals surface area (Å²) in [7, 11) is 1.64. The predicted molar refractivity (Wildman–Crippen MR) is 43.5 cm³/mol. The normalized spacial score (nSPS) is 9.11. The molecule has 1 aromatic heterocycles. The van der Waals surface area contributed by atoms with Gasteiger partial charge in [0.1, 0.15) is 5.75 Å². The summed E-state index contributed by atoms with van der Waals surface area (Å²) in [5.74, 6) is 0.832. The van der Waals surface area contributed by atoms with Gasteiger partial charge in [-0.25, -0.2) is 0 Å². The van der Waals surface area contributed by atoms with Crippen molar-refractivity contribution in [2.75, 3.05) is 7.11 Å². The average Bonchev–Trinajstić information content (AvgIpc) is 1.89. The fraction of sp³-hybridized carbons (Fsp3) is 0.167. The van der Waals surface area contributed by atoms with Crippen LogP contribution in [0.3, 0.4) is 0 Å². The van der Waals surface area contributed by atoms with Gasteiger partial charge < -0.3 is 4.74 Å². The molecule has 0 bridgehead atoms. The quantitative estimate of drug-likeness (QED) is 0.691. The van der Waals surface area contributed by atoms with Crippen LogP contribution in [0.1, 0.15) is 0 Å². The average molecular weight is 235 g/mol. The van der Waals surface area contributed by atoms with E-state index in [4.69, 9.17) is 4.74 Å². The van der Waals surface area contributed by atoms with E-state index in [-0.39, 0.29) is 0 Å². The van der Waals surface area contributed by atoms with Gasteiger partial charge in [-0.05, 0) is 28.7 Å². The van der Waals surface area contributed by atoms with Crippen LogP contribution in [0.2, 0.25) is 0 Å². The van der Waals surface area contributed by atoms with E-state index in [9.17, 15) is 0 Å². The minimum absolute atomic E-state index is 0.832. The van der Waals surface area contributed by atoms with E-state index >= 15 is 0 Å². The number of hydrogen-bond donors (Lipinski definition) is 0. The summed E-state index contributed by atoms with van der Waals surface area (Å²) in [6.07, 6.45) is 3.44. The van der Waals surface area contributed by atoms with Crippen LogP contribution in [-0.4, -0.2) is 12.1 Å². The van der Waals surface area contributed by atoms with Gasteiger partial charge in [0.15, 0.2) is 0 Å². The molecule has 3 heteroatoms. The highest BCUT2D eigenvalue weighted by molar-refractivity contribution is 14.1. The van der Waals surface area contributed by atoms with Gasteiger partial charge in [0.2, 0.25) is 0 Å². The number of hydrogen-bond acceptors (Lipinski definition) is 2. The lowest BCUT2D eigenvalue weighted by Crippen LogP contribution is -1.86. The third-order valence-corrected chi connectivity index (χ3v) is 1.85. The largest absolute Gasteiger partial charge is 0.494 e. The standard InChI is InChI=1S/C6H6INO/c1-9-6-4-8-3-2-5(6)7/h2-4H,1H3. The Kier molecular flexibility index (Phi) is 2.27. The molecule has 0 unspecified atom stereocenters. The Morgan fingerprint density at radius 1 is 1.67 bits per heavy atom. The van der Waals surface area contributed by atoms with Crippen molar-refractivity contribution < 1.29 is 4.74 Å². The third kappa shape index (κ3) is 1.54. The molecule has 0 saturated heterocycles. The molecule has 0 saturated carbocycles. The number of halogens is 1. The highest BCUT2D eigenvalue weighted by Crippen LogP contribution is 2.16. The van der Waals surface area contributed by atoms with Crippen LogP contribution in [0.4, 0.5) is 0 Å². The number of rotatable bonds is 1. The summed E-state index contributed by atoms with van der Waals surface area (Å²) in [6.45, 7) is 0. The fourth-order valence-electron chi connectivity index (χ4n) is 0.513. The number of aromatic nitrogens is 1. The fourth-order valence-corrected chi connectivity index (χ4v) is 1.03. The van der Waals surface area contributed by atoms with Gasteiger partial charge in [-0.15, -0.1) is 0 Å². The lowest BCUT2D eigenvalue weighted by atomic mass is 10.5. The van der Waals surface area contributed by atoms with Gasteiger partial charge in [-0.3, -0.25) is 4.98 Å². The smallest absolute Gasteiger partial charge is 0.150 e. The maximum Gasteiger partial charge on any atom is 0.150 e. The Bertz CT molecular complexity index is 202. The number of ether oxygens (including phenoxy) is 1. The lowest BCUT2D eigenvalue weighted by Gasteiger charge is -1.98. The summed E-state index contributed by atoms with van der Waals surface area (Å²) in [5.41, 5.74) is 0. The van der Waals surface area contributed by atoms with E-state index in [1.165, 1.54) is 0 Å². The summed E-state index contributed by atoms with van der Waals surface area (Å²) in [6, 6.07) is 1.90. The number of nitrogens with zero attached hydrogens (tertiary/aromatic N) is 1. The Morgan fingerprint density at radius 2 is 2.44 bits per heavy atom. The molecule has 1 aromatic rings. The first-order valence-corrected chi connectivity index (χ1v) is 3.56. The molecule has 0 aliphatic carbocycles. The molecule has 1 rings (SSSR count). The summed E-state index contributed by atoms with van der Waals surface area (Å²) < 4.78 is 6.06. The monoisotopic (exact) mass is 235 g/mol. The van der Waals surface area contributed by atoms with Crippen molar-refractivity contribution in [2.24, 2.45) is 0 Å². The molecular weight excluding hydrogens is 229 g/mol. The van der Waals surface area contributed by atoms with Crippen LogP contribution >= 0.6 is 22.6 Å². The number of pyridine rings is 1. The maximum absolute atomic E-state index is 4.97. The molecule has 0 aliphatic heterocycles. The van der Waals surface area contributed by atoms with Crippen molar-refractivity contribution in [2.45, 2.75) is 0 Å². The highest BCUT2D eigenvalue weighted by Gasteiger charge is 1.94. The van der Waals surface area contributed by atoms with Crippen LogP contribution < -0.4 is 4.74 Å². The molecule has 0 radical (unpaired) electrons. The first-order valence-electron chi connectivity index (χ1n) is 2.48. The summed E-state index contributed by atoms with van der Waals surface area (Å²) in [5, 5.41) is 0. The van der Waals surface area contributed by atoms with Gasteiger partial charge >= 0.3 is 0 Å². The maximum atomic E-state index is 4.97. The zero-order valence-corrected chi connectivity index (χ0v) is 7.12. The van der Waals surface area contributed by atoms with Crippen molar-refractivity contribution in [1.29, 1.82) is 0 Å². The minimum Gasteiger partial charge on any atom is -0.494 e. The predicted octanol–water partition coefficient (Wildman–Crippen LogP) is 1.69. The SMILES string of the molecule is COc1cnccc1I. The van der Waals surface area contributed by atoms with Gasteiger partial charge in [0.05, 0.1) is 16.9 Å². The molecule has 0 aromatic carbocycles. The van der Waals surface area contributed by atoms with Crippen molar-refractivity contribution in [3.63, 3.8) is 0 Å². The first-order chi connectivity index (χ1) is 4.34. The second-order valence-corrected chi connectivity index (χ2v) is 2.67. The van der Waals surface area contributed by atoms with Crippen molar-refractivity contribution in [3.05, 3.63) is 22.0 Å². The summed E-state index contributed by atoms with van der Waals surface area (Å²) in [4.78, 5) is 3.89. The second-order valence-electron chi connectivity index (χ2n) is 1.51. The molecule has 9 heavy (non-hydrogen) atoms. The highest BCUT2D eigenvalue weighted by atomic mass is 127. The van der Waals surface area contributed by atoms with E-state index in [1.807, 2.05) is 6.07 Å². The minimum atomic E-state index is 0.832. The Hall–Kier alpha value is -0.320. The van der Waals surface area contributed by atoms with Gasteiger partial charge in [-0.2, -0.15) is 0 Å². The van der Waals surface area contributed by atoms with Crippen molar-refractivity contribution in [3.8, 4) is 5.75 Å². The molecule has 0 atom stereocenters. The second kappa shape index (κ2) is 3.00. The van der Waals surface area contributed by atoms with E-state index in [0.29, 0.717) is 0 Å². The van der Waals surface area contributed by atoms with Gasteiger partial charge in [0.25, 0.3) is 0 Å². The Labute approximate surface area is 67.4 Å². The van der Waals surface area contributed by atoms with E-state index in [2.05, 4.69) is 27.6 Å². The zero-order chi connectivity index (χ0) is 6.69. The van der Waals surface area contributed by atoms with Gasteiger partial charge in [0, 0.05) is 6.20 Å². The lowest BCUT2D eigenvalue weighted by molar-refractivity contribution is 0.410. The van der Waals surface area contributed by atoms with Crippen molar-refractivity contribution in [1.82, 2.24) is 4.98 Å². The topological polar surface area (TPSA) is 22.1 Å². The van der Waals surface area contributed by atoms with Crippen LogP contribution in [0.5, 0.6) is 5.75 Å². The van der Waals surface area contributed by atoms with Crippen LogP contribution in [0.15, 0.2) is 18.5 Å². The molecule has 0 spiro atoms. The van der Waals surface area contributed by atoms with Crippen LogP contribution in [0, 0.1) is 3.57 Å². The first kappa shape index (κ1) is 6.80. The molecular formula is C6H6INO. The zero-order valence-electron chi connectivity index (χ0n) is 4.97. The molecule has 0 aliphatic rings. The number of methoxy groups -OCH3 is 1. The van der Waals surface area contributed by atoms with Crippen LogP contribution in [0.25, 0.3) is 0 Å². The molecule has 0 fully saturated rings. The molecule has 0 N–H and O–H groups in total. The Balaban J connectivity index is 3.01. The van der Waals surface area contributed by atoms with Gasteiger partial charge in [-0.1, -0.05) is 0 Å².